The Labute approximate surface area is 136 Å². The van der Waals surface area contributed by atoms with Gasteiger partial charge in [0, 0.05) is 11.6 Å². The van der Waals surface area contributed by atoms with Crippen LogP contribution in [0.15, 0.2) is 18.2 Å². The van der Waals surface area contributed by atoms with Crippen LogP contribution in [0.5, 0.6) is 17.2 Å². The van der Waals surface area contributed by atoms with Crippen LogP contribution < -0.4 is 25.3 Å². The van der Waals surface area contributed by atoms with Crippen molar-refractivity contribution in [1.82, 2.24) is 5.32 Å². The molecule has 0 aromatic heterocycles. The standard InChI is InChI=1S/C17H24N2O4/c1-17(18)7-3-2-4-13(17)16(20)19-8-9-21-12-5-6-14-15(10-12)23-11-22-14/h5-6,10,13H,2-4,7-9,11,18H2,1H3,(H,19,20). The van der Waals surface area contributed by atoms with Crippen LogP contribution in [0, 0.1) is 5.92 Å². The molecule has 1 aliphatic carbocycles. The Balaban J connectivity index is 1.43. The van der Waals surface area contributed by atoms with E-state index in [0.717, 1.165) is 31.4 Å². The molecule has 2 atom stereocenters. The summed E-state index contributed by atoms with van der Waals surface area (Å²) in [6.45, 7) is 3.08. The van der Waals surface area contributed by atoms with Crippen LogP contribution >= 0.6 is 0 Å². The van der Waals surface area contributed by atoms with E-state index < -0.39 is 5.54 Å². The highest BCUT2D eigenvalue weighted by Crippen LogP contribution is 2.35. The van der Waals surface area contributed by atoms with Crippen molar-refractivity contribution in [3.8, 4) is 17.2 Å². The van der Waals surface area contributed by atoms with E-state index >= 15 is 0 Å². The number of nitrogens with two attached hydrogens (primary N) is 1. The number of amides is 1. The molecule has 3 rings (SSSR count). The SMILES string of the molecule is CC1(N)CCCCC1C(=O)NCCOc1ccc2c(c1)OCO2. The Hall–Kier alpha value is -1.95. The lowest BCUT2D eigenvalue weighted by molar-refractivity contribution is -0.128. The molecule has 126 valence electrons. The summed E-state index contributed by atoms with van der Waals surface area (Å²) in [6.07, 6.45) is 3.93. The van der Waals surface area contributed by atoms with Crippen LogP contribution in [-0.2, 0) is 4.79 Å². The van der Waals surface area contributed by atoms with E-state index in [2.05, 4.69) is 5.32 Å². The lowest BCUT2D eigenvalue weighted by Gasteiger charge is -2.37. The number of fused-ring (bicyclic) bond motifs is 1. The quantitative estimate of drug-likeness (QED) is 0.809. The van der Waals surface area contributed by atoms with Gasteiger partial charge in [0.15, 0.2) is 11.5 Å². The van der Waals surface area contributed by atoms with Gasteiger partial charge in [0.05, 0.1) is 12.5 Å². The van der Waals surface area contributed by atoms with Crippen LogP contribution in [0.2, 0.25) is 0 Å². The van der Waals surface area contributed by atoms with Gasteiger partial charge in [-0.25, -0.2) is 0 Å². The van der Waals surface area contributed by atoms with Gasteiger partial charge in [-0.3, -0.25) is 4.79 Å². The van der Waals surface area contributed by atoms with E-state index in [1.54, 1.807) is 6.07 Å². The Morgan fingerprint density at radius 3 is 3.04 bits per heavy atom. The fraction of sp³-hybridized carbons (Fsp3) is 0.588. The molecule has 2 unspecified atom stereocenters. The van der Waals surface area contributed by atoms with Crippen LogP contribution in [0.4, 0.5) is 0 Å². The minimum absolute atomic E-state index is 0.0315. The smallest absolute Gasteiger partial charge is 0.231 e. The third-order valence-corrected chi connectivity index (χ3v) is 4.58. The Morgan fingerprint density at radius 1 is 1.39 bits per heavy atom. The molecule has 1 heterocycles. The number of ether oxygens (including phenoxy) is 3. The van der Waals surface area contributed by atoms with Gasteiger partial charge in [0.1, 0.15) is 12.4 Å². The maximum Gasteiger partial charge on any atom is 0.231 e. The average molecular weight is 320 g/mol. The number of hydrogen-bond donors (Lipinski definition) is 2. The molecule has 2 aliphatic rings. The number of carbonyl (C=O) groups is 1. The second kappa shape index (κ2) is 6.66. The van der Waals surface area contributed by atoms with Gasteiger partial charge in [0.25, 0.3) is 0 Å². The molecule has 1 aromatic carbocycles. The average Bonchev–Trinajstić information content (AvgIpc) is 2.98. The molecular weight excluding hydrogens is 296 g/mol. The number of rotatable bonds is 5. The monoisotopic (exact) mass is 320 g/mol. The summed E-state index contributed by atoms with van der Waals surface area (Å²) in [4.78, 5) is 12.3. The molecular formula is C17H24N2O4. The molecule has 0 saturated heterocycles. The summed E-state index contributed by atoms with van der Waals surface area (Å²) in [5.74, 6) is 2.04. The minimum Gasteiger partial charge on any atom is -0.492 e. The summed E-state index contributed by atoms with van der Waals surface area (Å²) in [7, 11) is 0. The number of benzene rings is 1. The Kier molecular flexibility index (Phi) is 4.61. The molecule has 0 bridgehead atoms. The minimum atomic E-state index is -0.402. The highest BCUT2D eigenvalue weighted by Gasteiger charge is 2.37. The predicted molar refractivity (Wildman–Crippen MR) is 85.6 cm³/mol. The maximum atomic E-state index is 12.3. The van der Waals surface area contributed by atoms with Gasteiger partial charge in [-0.1, -0.05) is 12.8 Å². The third-order valence-electron chi connectivity index (χ3n) is 4.58. The van der Waals surface area contributed by atoms with E-state index in [1.807, 2.05) is 19.1 Å². The van der Waals surface area contributed by atoms with Gasteiger partial charge in [-0.05, 0) is 31.9 Å². The summed E-state index contributed by atoms with van der Waals surface area (Å²) < 4.78 is 16.2. The molecule has 0 spiro atoms. The van der Waals surface area contributed by atoms with Crippen molar-refractivity contribution in [3.63, 3.8) is 0 Å². The van der Waals surface area contributed by atoms with Crippen molar-refractivity contribution in [2.45, 2.75) is 38.1 Å². The van der Waals surface area contributed by atoms with Gasteiger partial charge in [-0.15, -0.1) is 0 Å². The van der Waals surface area contributed by atoms with Gasteiger partial charge < -0.3 is 25.3 Å². The van der Waals surface area contributed by atoms with E-state index in [0.29, 0.717) is 24.7 Å². The van der Waals surface area contributed by atoms with Crippen molar-refractivity contribution in [1.29, 1.82) is 0 Å². The first-order chi connectivity index (χ1) is 11.1. The predicted octanol–water partition coefficient (Wildman–Crippen LogP) is 1.82. The molecule has 1 saturated carbocycles. The topological polar surface area (TPSA) is 82.8 Å². The largest absolute Gasteiger partial charge is 0.492 e. The summed E-state index contributed by atoms with van der Waals surface area (Å²) in [6, 6.07) is 5.44. The molecule has 3 N–H and O–H groups in total. The Morgan fingerprint density at radius 2 is 2.22 bits per heavy atom. The summed E-state index contributed by atoms with van der Waals surface area (Å²) >= 11 is 0. The van der Waals surface area contributed by atoms with Crippen LogP contribution in [0.25, 0.3) is 0 Å². The zero-order valence-corrected chi connectivity index (χ0v) is 13.5. The van der Waals surface area contributed by atoms with E-state index in [9.17, 15) is 4.79 Å². The Bertz CT molecular complexity index is 574. The molecule has 6 heteroatoms. The summed E-state index contributed by atoms with van der Waals surface area (Å²) in [5.41, 5.74) is 5.85. The zero-order chi connectivity index (χ0) is 16.3. The number of nitrogens with one attached hydrogen (secondary N) is 1. The zero-order valence-electron chi connectivity index (χ0n) is 13.5. The fourth-order valence-electron chi connectivity index (χ4n) is 3.22. The van der Waals surface area contributed by atoms with Crippen LogP contribution in [0.3, 0.4) is 0 Å². The molecule has 1 aliphatic heterocycles. The van der Waals surface area contributed by atoms with E-state index in [-0.39, 0.29) is 18.6 Å². The second-order valence-corrected chi connectivity index (χ2v) is 6.46. The van der Waals surface area contributed by atoms with Crippen molar-refractivity contribution in [3.05, 3.63) is 18.2 Å². The highest BCUT2D eigenvalue weighted by molar-refractivity contribution is 5.80. The molecule has 0 radical (unpaired) electrons. The second-order valence-electron chi connectivity index (χ2n) is 6.46. The van der Waals surface area contributed by atoms with E-state index in [1.165, 1.54) is 0 Å². The van der Waals surface area contributed by atoms with Crippen molar-refractivity contribution in [2.24, 2.45) is 11.7 Å². The fourth-order valence-corrected chi connectivity index (χ4v) is 3.22. The van der Waals surface area contributed by atoms with Crippen LogP contribution in [-0.4, -0.2) is 31.4 Å². The normalized spacial score (nSPS) is 25.9. The molecule has 1 aromatic rings. The maximum absolute atomic E-state index is 12.3. The molecule has 1 fully saturated rings. The van der Waals surface area contributed by atoms with Gasteiger partial charge in [0.2, 0.25) is 12.7 Å². The number of hydrogen-bond acceptors (Lipinski definition) is 5. The van der Waals surface area contributed by atoms with Crippen LogP contribution in [0.1, 0.15) is 32.6 Å². The van der Waals surface area contributed by atoms with Crippen molar-refractivity contribution >= 4 is 5.91 Å². The lowest BCUT2D eigenvalue weighted by Crippen LogP contribution is -2.53. The van der Waals surface area contributed by atoms with E-state index in [4.69, 9.17) is 19.9 Å². The number of carbonyl (C=O) groups excluding carboxylic acids is 1. The van der Waals surface area contributed by atoms with Gasteiger partial charge in [-0.2, -0.15) is 0 Å². The van der Waals surface area contributed by atoms with Crippen molar-refractivity contribution < 1.29 is 19.0 Å². The first kappa shape index (κ1) is 15.9. The molecule has 6 nitrogen and oxygen atoms in total. The summed E-state index contributed by atoms with van der Waals surface area (Å²) in [5, 5.41) is 2.93. The first-order valence-corrected chi connectivity index (χ1v) is 8.15. The van der Waals surface area contributed by atoms with Crippen molar-refractivity contribution in [2.75, 3.05) is 19.9 Å². The molecule has 23 heavy (non-hydrogen) atoms. The first-order valence-electron chi connectivity index (χ1n) is 8.15. The third kappa shape index (κ3) is 3.69. The lowest BCUT2D eigenvalue weighted by atomic mass is 9.74. The van der Waals surface area contributed by atoms with Gasteiger partial charge >= 0.3 is 0 Å². The molecule has 1 amide bonds. The highest BCUT2D eigenvalue weighted by atomic mass is 16.7.